The number of hydrogen-bond donors (Lipinski definition) is 3. The van der Waals surface area contributed by atoms with Crippen LogP contribution in [0.3, 0.4) is 0 Å². The maximum absolute atomic E-state index is 10.8. The molecule has 0 fully saturated rings. The summed E-state index contributed by atoms with van der Waals surface area (Å²) in [7, 11) is 0. The van der Waals surface area contributed by atoms with Crippen molar-refractivity contribution >= 4 is 5.91 Å². The van der Waals surface area contributed by atoms with Gasteiger partial charge < -0.3 is 16.2 Å². The van der Waals surface area contributed by atoms with E-state index < -0.39 is 6.10 Å². The molecule has 1 aromatic rings. The molecule has 0 bridgehead atoms. The summed E-state index contributed by atoms with van der Waals surface area (Å²) in [5.41, 5.74) is 6.23. The molecule has 0 aliphatic rings. The van der Waals surface area contributed by atoms with Crippen molar-refractivity contribution in [1.82, 2.24) is 5.32 Å². The number of rotatable bonds is 7. The number of nitrogens with two attached hydrogens (primary N) is 1. The van der Waals surface area contributed by atoms with Gasteiger partial charge in [0.1, 0.15) is 0 Å². The minimum absolute atomic E-state index is 0.0251. The Morgan fingerprint density at radius 2 is 1.94 bits per heavy atom. The molecule has 0 saturated heterocycles. The predicted octanol–water partition coefficient (Wildman–Crippen LogP) is 0.832. The highest BCUT2D eigenvalue weighted by Gasteiger charge is 2.17. The van der Waals surface area contributed by atoms with Crippen LogP contribution in [0.4, 0.5) is 0 Å². The Bertz CT molecular complexity index is 367. The van der Waals surface area contributed by atoms with Gasteiger partial charge in [0.15, 0.2) is 0 Å². The van der Waals surface area contributed by atoms with Crippen molar-refractivity contribution in [3.8, 4) is 0 Å². The Kier molecular flexibility index (Phi) is 5.82. The van der Waals surface area contributed by atoms with E-state index >= 15 is 0 Å². The highest BCUT2D eigenvalue weighted by molar-refractivity contribution is 5.74. The molecule has 100 valence electrons. The molecule has 1 aromatic carbocycles. The summed E-state index contributed by atoms with van der Waals surface area (Å²) in [5.74, 6) is -0.334. The van der Waals surface area contributed by atoms with Crippen LogP contribution < -0.4 is 11.1 Å². The van der Waals surface area contributed by atoms with Crippen LogP contribution in [0.2, 0.25) is 0 Å². The third kappa shape index (κ3) is 5.29. The van der Waals surface area contributed by atoms with Crippen LogP contribution in [0.1, 0.15) is 25.8 Å². The van der Waals surface area contributed by atoms with Gasteiger partial charge in [-0.1, -0.05) is 30.3 Å². The van der Waals surface area contributed by atoms with E-state index in [1.54, 1.807) is 0 Å². The van der Waals surface area contributed by atoms with Crippen LogP contribution in [-0.2, 0) is 11.2 Å². The van der Waals surface area contributed by atoms with Crippen molar-refractivity contribution in [3.05, 3.63) is 35.9 Å². The first-order chi connectivity index (χ1) is 8.49. The van der Waals surface area contributed by atoms with E-state index in [0.717, 1.165) is 5.56 Å². The average Bonchev–Trinajstić information content (AvgIpc) is 2.28. The number of aliphatic hydroxyl groups excluding tert-OH is 1. The monoisotopic (exact) mass is 250 g/mol. The summed E-state index contributed by atoms with van der Waals surface area (Å²) >= 11 is 0. The number of benzene rings is 1. The van der Waals surface area contributed by atoms with Gasteiger partial charge in [0.2, 0.25) is 5.91 Å². The van der Waals surface area contributed by atoms with Gasteiger partial charge in [0, 0.05) is 18.5 Å². The van der Waals surface area contributed by atoms with E-state index in [4.69, 9.17) is 5.73 Å². The molecular formula is C14H22N2O2. The zero-order valence-electron chi connectivity index (χ0n) is 11.0. The summed E-state index contributed by atoms with van der Waals surface area (Å²) in [6, 6.07) is 9.73. The van der Waals surface area contributed by atoms with Crippen molar-refractivity contribution in [1.29, 1.82) is 0 Å². The second kappa shape index (κ2) is 7.13. The third-order valence-corrected chi connectivity index (χ3v) is 2.92. The first kappa shape index (κ1) is 14.7. The molecule has 0 spiro atoms. The van der Waals surface area contributed by atoms with Crippen molar-refractivity contribution in [2.75, 3.05) is 0 Å². The number of nitrogens with one attached hydrogen (secondary N) is 1. The number of hydrogen-bond acceptors (Lipinski definition) is 3. The molecular weight excluding hydrogens is 228 g/mol. The standard InChI is InChI=1S/C14H22N2O2/c1-10(8-14(15)18)16-11(2)13(17)9-12-6-4-3-5-7-12/h3-7,10-11,13,16-17H,8-9H2,1-2H3,(H2,15,18). The fourth-order valence-electron chi connectivity index (χ4n) is 1.95. The minimum atomic E-state index is -0.484. The van der Waals surface area contributed by atoms with Crippen LogP contribution in [0, 0.1) is 0 Å². The molecule has 3 atom stereocenters. The highest BCUT2D eigenvalue weighted by atomic mass is 16.3. The number of primary amides is 1. The number of carbonyl (C=O) groups is 1. The molecule has 4 nitrogen and oxygen atoms in total. The quantitative estimate of drug-likeness (QED) is 0.671. The van der Waals surface area contributed by atoms with Gasteiger partial charge in [-0.3, -0.25) is 4.79 Å². The largest absolute Gasteiger partial charge is 0.391 e. The molecule has 0 aliphatic heterocycles. The molecule has 0 radical (unpaired) electrons. The number of carbonyl (C=O) groups excluding carboxylic acids is 1. The predicted molar refractivity (Wildman–Crippen MR) is 72.0 cm³/mol. The smallest absolute Gasteiger partial charge is 0.218 e. The number of aliphatic hydroxyl groups is 1. The van der Waals surface area contributed by atoms with Crippen molar-refractivity contribution in [3.63, 3.8) is 0 Å². The van der Waals surface area contributed by atoms with E-state index in [0.29, 0.717) is 6.42 Å². The van der Waals surface area contributed by atoms with E-state index in [2.05, 4.69) is 5.32 Å². The Morgan fingerprint density at radius 3 is 2.50 bits per heavy atom. The maximum Gasteiger partial charge on any atom is 0.218 e. The summed E-state index contributed by atoms with van der Waals surface area (Å²) in [4.78, 5) is 10.8. The van der Waals surface area contributed by atoms with Gasteiger partial charge in [0.25, 0.3) is 0 Å². The molecule has 4 N–H and O–H groups in total. The highest BCUT2D eigenvalue weighted by Crippen LogP contribution is 2.07. The summed E-state index contributed by atoms with van der Waals surface area (Å²) in [5, 5.41) is 13.3. The molecule has 4 heteroatoms. The van der Waals surface area contributed by atoms with E-state index in [-0.39, 0.29) is 24.4 Å². The van der Waals surface area contributed by atoms with E-state index in [9.17, 15) is 9.90 Å². The maximum atomic E-state index is 10.8. The van der Waals surface area contributed by atoms with Crippen molar-refractivity contribution in [2.24, 2.45) is 5.73 Å². The van der Waals surface area contributed by atoms with Crippen molar-refractivity contribution < 1.29 is 9.90 Å². The summed E-state index contributed by atoms with van der Waals surface area (Å²) in [6.07, 6.45) is 0.392. The Morgan fingerprint density at radius 1 is 1.33 bits per heavy atom. The van der Waals surface area contributed by atoms with E-state index in [1.165, 1.54) is 0 Å². The Hall–Kier alpha value is -1.39. The molecule has 0 aliphatic carbocycles. The molecule has 0 heterocycles. The second-order valence-corrected chi connectivity index (χ2v) is 4.78. The van der Waals surface area contributed by atoms with Gasteiger partial charge in [0.05, 0.1) is 6.10 Å². The third-order valence-electron chi connectivity index (χ3n) is 2.92. The molecule has 0 aromatic heterocycles. The van der Waals surface area contributed by atoms with Crippen LogP contribution in [0.5, 0.6) is 0 Å². The Labute approximate surface area is 108 Å². The lowest BCUT2D eigenvalue weighted by atomic mass is 10.0. The zero-order valence-corrected chi connectivity index (χ0v) is 11.0. The number of amides is 1. The van der Waals surface area contributed by atoms with E-state index in [1.807, 2.05) is 44.2 Å². The molecule has 1 rings (SSSR count). The molecule has 18 heavy (non-hydrogen) atoms. The van der Waals surface area contributed by atoms with Gasteiger partial charge in [-0.05, 0) is 25.8 Å². The summed E-state index contributed by atoms with van der Waals surface area (Å²) in [6.45, 7) is 3.79. The van der Waals surface area contributed by atoms with Crippen LogP contribution >= 0.6 is 0 Å². The SMILES string of the molecule is CC(CC(N)=O)NC(C)C(O)Cc1ccccc1. The lowest BCUT2D eigenvalue weighted by Gasteiger charge is -2.24. The topological polar surface area (TPSA) is 75.4 Å². The van der Waals surface area contributed by atoms with Gasteiger partial charge in [-0.25, -0.2) is 0 Å². The van der Waals surface area contributed by atoms with Gasteiger partial charge >= 0.3 is 0 Å². The van der Waals surface area contributed by atoms with Crippen LogP contribution in [0.25, 0.3) is 0 Å². The average molecular weight is 250 g/mol. The fourth-order valence-corrected chi connectivity index (χ4v) is 1.95. The molecule has 3 unspecified atom stereocenters. The van der Waals surface area contributed by atoms with Crippen molar-refractivity contribution in [2.45, 2.75) is 44.9 Å². The Balaban J connectivity index is 2.41. The lowest BCUT2D eigenvalue weighted by Crippen LogP contribution is -2.44. The van der Waals surface area contributed by atoms with Crippen LogP contribution in [-0.4, -0.2) is 29.2 Å². The van der Waals surface area contributed by atoms with Gasteiger partial charge in [-0.2, -0.15) is 0 Å². The first-order valence-electron chi connectivity index (χ1n) is 6.25. The fraction of sp³-hybridized carbons (Fsp3) is 0.500. The second-order valence-electron chi connectivity index (χ2n) is 4.78. The van der Waals surface area contributed by atoms with Gasteiger partial charge in [-0.15, -0.1) is 0 Å². The minimum Gasteiger partial charge on any atom is -0.391 e. The van der Waals surface area contributed by atoms with Crippen LogP contribution in [0.15, 0.2) is 30.3 Å². The molecule has 1 amide bonds. The first-order valence-corrected chi connectivity index (χ1v) is 6.25. The normalized spacial score (nSPS) is 15.9. The molecule has 0 saturated carbocycles. The lowest BCUT2D eigenvalue weighted by molar-refractivity contribution is -0.118. The zero-order chi connectivity index (χ0) is 13.5. The summed E-state index contributed by atoms with van der Waals surface area (Å²) < 4.78 is 0.